The van der Waals surface area contributed by atoms with Gasteiger partial charge in [0, 0.05) is 26.4 Å². The number of benzene rings is 2. The summed E-state index contributed by atoms with van der Waals surface area (Å²) in [5.74, 6) is 0.565. The van der Waals surface area contributed by atoms with Crippen LogP contribution in [0.25, 0.3) is 0 Å². The monoisotopic (exact) mass is 511 g/mol. The van der Waals surface area contributed by atoms with Crippen molar-refractivity contribution in [3.05, 3.63) is 53.6 Å². The Bertz CT molecular complexity index is 1120. The van der Waals surface area contributed by atoms with E-state index in [1.807, 2.05) is 24.3 Å². The number of hydrogen-bond acceptors (Lipinski definition) is 7. The van der Waals surface area contributed by atoms with Crippen molar-refractivity contribution < 1.29 is 33.3 Å². The minimum atomic E-state index is -0.365. The summed E-state index contributed by atoms with van der Waals surface area (Å²) in [6.45, 7) is 0.588. The molecule has 10 heteroatoms. The molecule has 2 aliphatic rings. The SMILES string of the molecule is COCC(=O)Nc1ccc2c(c1)C(=O)N(C)[C@@H]1CC[C@H](CC(=O)NCc3ccc(OC)cc3)O[C@@H]1CO2. The second-order valence-electron chi connectivity index (χ2n) is 9.19. The summed E-state index contributed by atoms with van der Waals surface area (Å²) >= 11 is 0. The zero-order valence-corrected chi connectivity index (χ0v) is 21.3. The van der Waals surface area contributed by atoms with Gasteiger partial charge in [0.25, 0.3) is 5.91 Å². The third-order valence-corrected chi connectivity index (χ3v) is 6.63. The molecular formula is C27H33N3O7. The first-order chi connectivity index (χ1) is 17.9. The highest BCUT2D eigenvalue weighted by molar-refractivity contribution is 6.00. The lowest BCUT2D eigenvalue weighted by molar-refractivity contribution is -0.134. The third-order valence-electron chi connectivity index (χ3n) is 6.63. The third kappa shape index (κ3) is 6.58. The summed E-state index contributed by atoms with van der Waals surface area (Å²) in [7, 11) is 4.80. The van der Waals surface area contributed by atoms with Gasteiger partial charge in [0.15, 0.2) is 0 Å². The summed E-state index contributed by atoms with van der Waals surface area (Å²) in [5.41, 5.74) is 1.84. The van der Waals surface area contributed by atoms with Crippen molar-refractivity contribution in [3.63, 3.8) is 0 Å². The van der Waals surface area contributed by atoms with Crippen LogP contribution in [0.5, 0.6) is 11.5 Å². The first-order valence-electron chi connectivity index (χ1n) is 12.3. The van der Waals surface area contributed by atoms with E-state index in [2.05, 4.69) is 10.6 Å². The molecule has 2 aliphatic heterocycles. The lowest BCUT2D eigenvalue weighted by Gasteiger charge is -2.42. The number of nitrogens with zero attached hydrogens (tertiary/aromatic N) is 1. The maximum absolute atomic E-state index is 13.3. The molecule has 2 heterocycles. The van der Waals surface area contributed by atoms with Crippen LogP contribution in [0, 0.1) is 0 Å². The minimum absolute atomic E-state index is 0.0802. The zero-order chi connectivity index (χ0) is 26.4. The Kier molecular flexibility index (Phi) is 8.62. The van der Waals surface area contributed by atoms with E-state index in [-0.39, 0.29) is 55.6 Å². The van der Waals surface area contributed by atoms with Crippen LogP contribution in [0.2, 0.25) is 0 Å². The van der Waals surface area contributed by atoms with Crippen LogP contribution in [-0.4, -0.2) is 75.4 Å². The van der Waals surface area contributed by atoms with Crippen LogP contribution in [0.1, 0.15) is 35.2 Å². The van der Waals surface area contributed by atoms with Gasteiger partial charge in [-0.15, -0.1) is 0 Å². The average Bonchev–Trinajstić information content (AvgIpc) is 2.90. The molecule has 1 saturated heterocycles. The highest BCUT2D eigenvalue weighted by atomic mass is 16.5. The molecule has 0 saturated carbocycles. The first-order valence-corrected chi connectivity index (χ1v) is 12.3. The lowest BCUT2D eigenvalue weighted by Crippen LogP contribution is -2.53. The van der Waals surface area contributed by atoms with Crippen molar-refractivity contribution in [3.8, 4) is 11.5 Å². The summed E-state index contributed by atoms with van der Waals surface area (Å²) in [6, 6.07) is 12.3. The van der Waals surface area contributed by atoms with Gasteiger partial charge in [-0.3, -0.25) is 14.4 Å². The van der Waals surface area contributed by atoms with Crippen LogP contribution in [0.15, 0.2) is 42.5 Å². The van der Waals surface area contributed by atoms with E-state index >= 15 is 0 Å². The lowest BCUT2D eigenvalue weighted by atomic mass is 9.94. The molecule has 0 aliphatic carbocycles. The summed E-state index contributed by atoms with van der Waals surface area (Å²) < 4.78 is 22.2. The number of hydrogen-bond donors (Lipinski definition) is 2. The molecule has 1 fully saturated rings. The van der Waals surface area contributed by atoms with Crippen LogP contribution >= 0.6 is 0 Å². The molecule has 0 radical (unpaired) electrons. The van der Waals surface area contributed by atoms with Gasteiger partial charge < -0.3 is 34.5 Å². The molecule has 10 nitrogen and oxygen atoms in total. The van der Waals surface area contributed by atoms with Gasteiger partial charge in [0.2, 0.25) is 11.8 Å². The Morgan fingerprint density at radius 2 is 1.86 bits per heavy atom. The molecule has 4 rings (SSSR count). The van der Waals surface area contributed by atoms with Crippen molar-refractivity contribution in [2.24, 2.45) is 0 Å². The summed E-state index contributed by atoms with van der Waals surface area (Å²) in [6.07, 6.45) is 0.942. The molecular weight excluding hydrogens is 478 g/mol. The predicted molar refractivity (Wildman–Crippen MR) is 136 cm³/mol. The molecule has 0 bridgehead atoms. The van der Waals surface area contributed by atoms with E-state index in [1.165, 1.54) is 7.11 Å². The normalized spacial score (nSPS) is 21.0. The van der Waals surface area contributed by atoms with Crippen molar-refractivity contribution in [2.75, 3.05) is 39.8 Å². The largest absolute Gasteiger partial charge is 0.497 e. The van der Waals surface area contributed by atoms with Gasteiger partial charge in [0.1, 0.15) is 30.8 Å². The fourth-order valence-corrected chi connectivity index (χ4v) is 4.66. The van der Waals surface area contributed by atoms with E-state index in [9.17, 15) is 14.4 Å². The molecule has 198 valence electrons. The van der Waals surface area contributed by atoms with E-state index < -0.39 is 0 Å². The maximum Gasteiger partial charge on any atom is 0.257 e. The quantitative estimate of drug-likeness (QED) is 0.559. The van der Waals surface area contributed by atoms with Crippen LogP contribution in [0.4, 0.5) is 5.69 Å². The smallest absolute Gasteiger partial charge is 0.257 e. The molecule has 2 aromatic rings. The zero-order valence-electron chi connectivity index (χ0n) is 21.3. The van der Waals surface area contributed by atoms with E-state index in [0.29, 0.717) is 36.4 Å². The number of ether oxygens (including phenoxy) is 4. The highest BCUT2D eigenvalue weighted by Gasteiger charge is 2.39. The molecule has 3 atom stereocenters. The maximum atomic E-state index is 13.3. The second-order valence-corrected chi connectivity index (χ2v) is 9.19. The highest BCUT2D eigenvalue weighted by Crippen LogP contribution is 2.32. The first kappa shape index (κ1) is 26.4. The molecule has 2 N–H and O–H groups in total. The number of likely N-dealkylation sites (N-methyl/N-ethyl adjacent to an activating group) is 1. The number of amides is 3. The summed E-state index contributed by atoms with van der Waals surface area (Å²) in [5, 5.41) is 5.65. The fraction of sp³-hybridized carbons (Fsp3) is 0.444. The van der Waals surface area contributed by atoms with E-state index in [0.717, 1.165) is 11.3 Å². The number of carbonyl (C=O) groups is 3. The Hall–Kier alpha value is -3.63. The molecule has 3 amide bonds. The molecule has 0 spiro atoms. The number of rotatable bonds is 8. The van der Waals surface area contributed by atoms with Crippen LogP contribution in [-0.2, 0) is 25.6 Å². The Labute approximate surface area is 216 Å². The standard InChI is InChI=1S/C27H33N3O7/c1-30-22-10-9-20(13-25(31)28-14-17-4-7-19(35-3)8-5-17)37-24(22)15-36-23-11-6-18(12-21(23)27(30)33)29-26(32)16-34-2/h4-8,11-12,20,22,24H,9-10,13-16H2,1-3H3,(H,28,31)(H,29,32)/t20-,22-,24-/m1/s1. The molecule has 2 aromatic carbocycles. The number of nitrogens with one attached hydrogen (secondary N) is 2. The van der Waals surface area contributed by atoms with Gasteiger partial charge in [0.05, 0.1) is 31.2 Å². The van der Waals surface area contributed by atoms with Crippen molar-refractivity contribution in [1.29, 1.82) is 0 Å². The van der Waals surface area contributed by atoms with Gasteiger partial charge in [-0.05, 0) is 48.7 Å². The minimum Gasteiger partial charge on any atom is -0.497 e. The fourth-order valence-electron chi connectivity index (χ4n) is 4.66. The predicted octanol–water partition coefficient (Wildman–Crippen LogP) is 2.37. The summed E-state index contributed by atoms with van der Waals surface area (Å²) in [4.78, 5) is 39.4. The van der Waals surface area contributed by atoms with Crippen molar-refractivity contribution in [1.82, 2.24) is 10.2 Å². The number of methoxy groups -OCH3 is 2. The van der Waals surface area contributed by atoms with E-state index in [4.69, 9.17) is 18.9 Å². The van der Waals surface area contributed by atoms with Gasteiger partial charge in [-0.1, -0.05) is 12.1 Å². The molecule has 0 unspecified atom stereocenters. The topological polar surface area (TPSA) is 115 Å². The van der Waals surface area contributed by atoms with Crippen molar-refractivity contribution >= 4 is 23.4 Å². The Morgan fingerprint density at radius 1 is 1.08 bits per heavy atom. The average molecular weight is 512 g/mol. The molecule has 37 heavy (non-hydrogen) atoms. The van der Waals surface area contributed by atoms with E-state index in [1.54, 1.807) is 37.3 Å². The van der Waals surface area contributed by atoms with Gasteiger partial charge in [-0.25, -0.2) is 0 Å². The second kappa shape index (κ2) is 12.1. The molecule has 0 aromatic heterocycles. The van der Waals surface area contributed by atoms with Gasteiger partial charge >= 0.3 is 0 Å². The number of fused-ring (bicyclic) bond motifs is 2. The van der Waals surface area contributed by atoms with Crippen molar-refractivity contribution in [2.45, 2.75) is 44.1 Å². The van der Waals surface area contributed by atoms with Crippen LogP contribution in [0.3, 0.4) is 0 Å². The Morgan fingerprint density at radius 3 is 2.59 bits per heavy atom. The van der Waals surface area contributed by atoms with Gasteiger partial charge in [-0.2, -0.15) is 0 Å². The number of carbonyl (C=O) groups excluding carboxylic acids is 3. The number of anilines is 1. The Balaban J connectivity index is 1.35. The van der Waals surface area contributed by atoms with Crippen LogP contribution < -0.4 is 20.1 Å².